The summed E-state index contributed by atoms with van der Waals surface area (Å²) >= 11 is 0. The number of aliphatic carboxylic acids is 1. The first-order valence-electron chi connectivity index (χ1n) is 10.7. The van der Waals surface area contributed by atoms with Crippen LogP contribution in [0.1, 0.15) is 50.3 Å². The van der Waals surface area contributed by atoms with Gasteiger partial charge in [-0.05, 0) is 36.6 Å². The van der Waals surface area contributed by atoms with Gasteiger partial charge < -0.3 is 15.3 Å². The zero-order valence-corrected chi connectivity index (χ0v) is 20.3. The van der Waals surface area contributed by atoms with Gasteiger partial charge in [-0.25, -0.2) is 27.1 Å². The minimum Gasteiger partial charge on any atom is -0.481 e. The highest BCUT2D eigenvalue weighted by Crippen LogP contribution is 2.31. The molecule has 1 aromatic heterocycles. The summed E-state index contributed by atoms with van der Waals surface area (Å²) in [6.45, 7) is 3.73. The second kappa shape index (κ2) is 11.5. The molecule has 3 N–H and O–H groups in total. The number of aliphatic hydroxyl groups excluding tert-OH is 2. The standard InChI is InChI=1S/C23H30FN3O6S/c1-14(2)21-19(11-9-17(28)13-18(29)10-12-20(30)31)22(15-5-7-16(24)8-6-15)26-23(25-21)27(3)34(4,32)33/h5-9,11,14,17-18,28-29H,10,12-13H2,1-4H3,(H,30,31)/b11-9+. The summed E-state index contributed by atoms with van der Waals surface area (Å²) in [5.41, 5.74) is 1.88. The van der Waals surface area contributed by atoms with Crippen molar-refractivity contribution in [2.24, 2.45) is 0 Å². The van der Waals surface area contributed by atoms with Gasteiger partial charge in [-0.2, -0.15) is 0 Å². The molecule has 1 aromatic carbocycles. The van der Waals surface area contributed by atoms with E-state index >= 15 is 0 Å². The number of hydrogen-bond acceptors (Lipinski definition) is 7. The van der Waals surface area contributed by atoms with Gasteiger partial charge in [0.1, 0.15) is 5.82 Å². The normalized spacial score (nSPS) is 13.9. The van der Waals surface area contributed by atoms with Crippen LogP contribution in [0.2, 0.25) is 0 Å². The highest BCUT2D eigenvalue weighted by Gasteiger charge is 2.22. The fourth-order valence-corrected chi connectivity index (χ4v) is 3.55. The Labute approximate surface area is 198 Å². The lowest BCUT2D eigenvalue weighted by Gasteiger charge is -2.20. The fourth-order valence-electron chi connectivity index (χ4n) is 3.17. The van der Waals surface area contributed by atoms with Gasteiger partial charge in [0.2, 0.25) is 16.0 Å². The first-order valence-corrected chi connectivity index (χ1v) is 12.5. The molecule has 0 bridgehead atoms. The van der Waals surface area contributed by atoms with E-state index in [9.17, 15) is 27.8 Å². The zero-order chi connectivity index (χ0) is 25.6. The van der Waals surface area contributed by atoms with Crippen LogP contribution in [0, 0.1) is 5.82 Å². The first-order chi connectivity index (χ1) is 15.8. The Kier molecular flexibility index (Phi) is 9.25. The second-order valence-electron chi connectivity index (χ2n) is 8.31. The van der Waals surface area contributed by atoms with Crippen LogP contribution >= 0.6 is 0 Å². The van der Waals surface area contributed by atoms with Gasteiger partial charge in [0, 0.05) is 31.0 Å². The number of benzene rings is 1. The topological polar surface area (TPSA) is 141 Å². The van der Waals surface area contributed by atoms with Crippen molar-refractivity contribution in [1.29, 1.82) is 0 Å². The predicted octanol–water partition coefficient (Wildman–Crippen LogP) is 2.79. The Hall–Kier alpha value is -2.89. The lowest BCUT2D eigenvalue weighted by atomic mass is 9.97. The zero-order valence-electron chi connectivity index (χ0n) is 19.5. The van der Waals surface area contributed by atoms with E-state index in [0.717, 1.165) is 10.6 Å². The molecule has 0 radical (unpaired) electrons. The molecule has 0 fully saturated rings. The number of anilines is 1. The van der Waals surface area contributed by atoms with Crippen molar-refractivity contribution in [2.75, 3.05) is 17.6 Å². The summed E-state index contributed by atoms with van der Waals surface area (Å²) < 4.78 is 38.7. The molecular formula is C23H30FN3O6S. The number of aliphatic hydroxyl groups is 2. The Balaban J connectivity index is 2.54. The third-order valence-electron chi connectivity index (χ3n) is 5.10. The van der Waals surface area contributed by atoms with E-state index in [1.54, 1.807) is 6.08 Å². The molecule has 1 heterocycles. The minimum absolute atomic E-state index is 0.00788. The van der Waals surface area contributed by atoms with Crippen molar-refractivity contribution in [2.45, 2.75) is 51.2 Å². The van der Waals surface area contributed by atoms with E-state index in [1.807, 2.05) is 13.8 Å². The third kappa shape index (κ3) is 7.57. The Bertz CT molecular complexity index is 1140. The number of nitrogens with zero attached hydrogens (tertiary/aromatic N) is 3. The number of sulfonamides is 1. The van der Waals surface area contributed by atoms with Crippen molar-refractivity contribution in [1.82, 2.24) is 9.97 Å². The summed E-state index contributed by atoms with van der Waals surface area (Å²) in [4.78, 5) is 19.5. The second-order valence-corrected chi connectivity index (χ2v) is 10.3. The van der Waals surface area contributed by atoms with Gasteiger partial charge in [-0.15, -0.1) is 0 Å². The van der Waals surface area contributed by atoms with E-state index in [2.05, 4.69) is 9.97 Å². The SMILES string of the molecule is CC(C)c1nc(N(C)S(C)(=O)=O)nc(-c2ccc(F)cc2)c1/C=C/C(O)CC(O)CCC(=O)O. The van der Waals surface area contributed by atoms with Crippen molar-refractivity contribution >= 4 is 28.0 Å². The van der Waals surface area contributed by atoms with Crippen LogP contribution in [0.5, 0.6) is 0 Å². The third-order valence-corrected chi connectivity index (χ3v) is 6.26. The summed E-state index contributed by atoms with van der Waals surface area (Å²) in [7, 11) is -2.31. The van der Waals surface area contributed by atoms with Crippen LogP contribution in [-0.2, 0) is 14.8 Å². The lowest BCUT2D eigenvalue weighted by Crippen LogP contribution is -2.27. The molecule has 0 amide bonds. The summed E-state index contributed by atoms with van der Waals surface area (Å²) in [5.74, 6) is -1.69. The van der Waals surface area contributed by atoms with Gasteiger partial charge in [-0.3, -0.25) is 4.79 Å². The van der Waals surface area contributed by atoms with E-state index in [4.69, 9.17) is 5.11 Å². The monoisotopic (exact) mass is 495 g/mol. The van der Waals surface area contributed by atoms with Crippen LogP contribution in [0.15, 0.2) is 30.3 Å². The van der Waals surface area contributed by atoms with E-state index < -0.39 is 34.0 Å². The maximum Gasteiger partial charge on any atom is 0.303 e. The molecule has 2 atom stereocenters. The predicted molar refractivity (Wildman–Crippen MR) is 127 cm³/mol. The van der Waals surface area contributed by atoms with Crippen molar-refractivity contribution in [3.05, 3.63) is 47.4 Å². The molecule has 34 heavy (non-hydrogen) atoms. The van der Waals surface area contributed by atoms with Crippen molar-refractivity contribution in [3.63, 3.8) is 0 Å². The van der Waals surface area contributed by atoms with Gasteiger partial charge in [-0.1, -0.05) is 26.0 Å². The highest BCUT2D eigenvalue weighted by molar-refractivity contribution is 7.92. The van der Waals surface area contributed by atoms with Crippen LogP contribution in [-0.4, -0.2) is 65.2 Å². The number of carboxylic acids is 1. The van der Waals surface area contributed by atoms with Crippen LogP contribution in [0.4, 0.5) is 10.3 Å². The average molecular weight is 496 g/mol. The molecule has 2 aromatic rings. The Morgan fingerprint density at radius 1 is 1.18 bits per heavy atom. The van der Waals surface area contributed by atoms with Gasteiger partial charge in [0.05, 0.1) is 29.9 Å². The van der Waals surface area contributed by atoms with Crippen LogP contribution in [0.3, 0.4) is 0 Å². The number of aromatic nitrogens is 2. The molecule has 2 unspecified atom stereocenters. The molecule has 11 heteroatoms. The maximum absolute atomic E-state index is 13.5. The number of rotatable bonds is 11. The molecule has 0 aliphatic carbocycles. The first kappa shape index (κ1) is 27.4. The fraction of sp³-hybridized carbons (Fsp3) is 0.435. The van der Waals surface area contributed by atoms with Gasteiger partial charge in [0.25, 0.3) is 0 Å². The number of hydrogen-bond donors (Lipinski definition) is 3. The van der Waals surface area contributed by atoms with Gasteiger partial charge in [0.15, 0.2) is 0 Å². The van der Waals surface area contributed by atoms with E-state index in [0.29, 0.717) is 22.5 Å². The number of carboxylic acid groups (broad SMARTS) is 1. The largest absolute Gasteiger partial charge is 0.481 e. The van der Waals surface area contributed by atoms with E-state index in [1.165, 1.54) is 37.4 Å². The van der Waals surface area contributed by atoms with Crippen LogP contribution in [0.25, 0.3) is 17.3 Å². The van der Waals surface area contributed by atoms with Crippen molar-refractivity contribution < 1.29 is 32.9 Å². The quantitative estimate of drug-likeness (QED) is 0.432. The lowest BCUT2D eigenvalue weighted by molar-refractivity contribution is -0.137. The molecule has 0 aliphatic heterocycles. The highest BCUT2D eigenvalue weighted by atomic mass is 32.2. The molecule has 0 saturated carbocycles. The maximum atomic E-state index is 13.5. The van der Waals surface area contributed by atoms with Gasteiger partial charge >= 0.3 is 5.97 Å². The molecule has 9 nitrogen and oxygen atoms in total. The molecule has 0 saturated heterocycles. The summed E-state index contributed by atoms with van der Waals surface area (Å²) in [6.07, 6.45) is 1.68. The van der Waals surface area contributed by atoms with Crippen LogP contribution < -0.4 is 4.31 Å². The Morgan fingerprint density at radius 3 is 2.32 bits per heavy atom. The average Bonchev–Trinajstić information content (AvgIpc) is 2.75. The van der Waals surface area contributed by atoms with E-state index in [-0.39, 0.29) is 31.1 Å². The molecule has 2 rings (SSSR count). The molecule has 0 spiro atoms. The number of carbonyl (C=O) groups is 1. The molecule has 0 aliphatic rings. The van der Waals surface area contributed by atoms with Crippen molar-refractivity contribution in [3.8, 4) is 11.3 Å². The summed E-state index contributed by atoms with van der Waals surface area (Å²) in [6, 6.07) is 5.53. The smallest absolute Gasteiger partial charge is 0.303 e. The molecule has 186 valence electrons. The Morgan fingerprint density at radius 2 is 1.79 bits per heavy atom. The summed E-state index contributed by atoms with van der Waals surface area (Å²) in [5, 5.41) is 29.0. The number of halogens is 1. The molecular weight excluding hydrogens is 465 g/mol. The minimum atomic E-state index is -3.65.